The van der Waals surface area contributed by atoms with Crippen molar-refractivity contribution in [3.05, 3.63) is 35.9 Å². The molecule has 3 fully saturated rings. The van der Waals surface area contributed by atoms with E-state index in [1.807, 2.05) is 35.2 Å². The largest absolute Gasteiger partial charge is 0.371 e. The summed E-state index contributed by atoms with van der Waals surface area (Å²) >= 11 is 0. The maximum atomic E-state index is 12.8. The quantitative estimate of drug-likeness (QED) is 0.806. The van der Waals surface area contributed by atoms with E-state index in [0.29, 0.717) is 13.0 Å². The average molecular weight is 364 g/mol. The number of fused-ring (bicyclic) bond motifs is 2. The van der Waals surface area contributed by atoms with E-state index in [-0.39, 0.29) is 36.3 Å². The van der Waals surface area contributed by atoms with Gasteiger partial charge in [-0.1, -0.05) is 30.3 Å². The van der Waals surface area contributed by atoms with Crippen LogP contribution in [0.2, 0.25) is 0 Å². The molecule has 0 N–H and O–H groups in total. The lowest BCUT2D eigenvalue weighted by Crippen LogP contribution is -2.48. The van der Waals surface area contributed by atoms with Crippen LogP contribution in [0, 0.1) is 5.92 Å². The first-order valence-corrected chi connectivity index (χ1v) is 10.6. The molecule has 136 valence electrons. The maximum absolute atomic E-state index is 12.8. The fourth-order valence-electron chi connectivity index (χ4n) is 4.16. The number of hydrogen-bond acceptors (Lipinski definition) is 4. The van der Waals surface area contributed by atoms with Gasteiger partial charge in [-0.3, -0.25) is 4.79 Å². The highest BCUT2D eigenvalue weighted by molar-refractivity contribution is 7.88. The van der Waals surface area contributed by atoms with Crippen molar-refractivity contribution in [1.82, 2.24) is 9.21 Å². The summed E-state index contributed by atoms with van der Waals surface area (Å²) in [5, 5.41) is 0. The van der Waals surface area contributed by atoms with Crippen LogP contribution in [0.25, 0.3) is 0 Å². The highest BCUT2D eigenvalue weighted by Gasteiger charge is 2.48. The van der Waals surface area contributed by atoms with Gasteiger partial charge >= 0.3 is 0 Å². The van der Waals surface area contributed by atoms with Crippen molar-refractivity contribution >= 4 is 15.9 Å². The van der Waals surface area contributed by atoms with Crippen molar-refractivity contribution in [2.75, 3.05) is 26.2 Å². The van der Waals surface area contributed by atoms with Gasteiger partial charge < -0.3 is 9.64 Å². The topological polar surface area (TPSA) is 66.9 Å². The molecule has 3 aliphatic rings. The number of amides is 1. The lowest BCUT2D eigenvalue weighted by atomic mass is 9.99. The zero-order valence-corrected chi connectivity index (χ0v) is 15.0. The molecule has 0 radical (unpaired) electrons. The number of morpholine rings is 1. The Kier molecular flexibility index (Phi) is 4.56. The zero-order chi connectivity index (χ0) is 17.4. The predicted octanol–water partition coefficient (Wildman–Crippen LogP) is 1.23. The first-order chi connectivity index (χ1) is 12.0. The Morgan fingerprint density at radius 1 is 1.12 bits per heavy atom. The molecule has 0 aliphatic carbocycles. The number of likely N-dealkylation sites (tertiary alicyclic amines) is 1. The van der Waals surface area contributed by atoms with Crippen molar-refractivity contribution in [3.63, 3.8) is 0 Å². The summed E-state index contributed by atoms with van der Waals surface area (Å²) in [6.07, 6.45) is 2.28. The molecule has 0 aromatic heterocycles. The van der Waals surface area contributed by atoms with Crippen molar-refractivity contribution < 1.29 is 17.9 Å². The first kappa shape index (κ1) is 17.0. The van der Waals surface area contributed by atoms with Crippen LogP contribution in [0.1, 0.15) is 24.8 Å². The molecule has 6 nitrogen and oxygen atoms in total. The van der Waals surface area contributed by atoms with Crippen LogP contribution in [0.5, 0.6) is 0 Å². The summed E-state index contributed by atoms with van der Waals surface area (Å²) in [5.74, 6) is -0.0507. The molecule has 4 rings (SSSR count). The van der Waals surface area contributed by atoms with Crippen molar-refractivity contribution in [1.29, 1.82) is 0 Å². The predicted molar refractivity (Wildman–Crippen MR) is 93.2 cm³/mol. The van der Waals surface area contributed by atoms with Crippen molar-refractivity contribution in [2.45, 2.75) is 37.2 Å². The average Bonchev–Trinajstić information content (AvgIpc) is 3.23. The molecule has 0 spiro atoms. The number of benzene rings is 1. The van der Waals surface area contributed by atoms with Crippen LogP contribution in [0.15, 0.2) is 30.3 Å². The molecule has 7 heteroatoms. The lowest BCUT2D eigenvalue weighted by molar-refractivity contribution is -0.136. The molecule has 1 aromatic rings. The summed E-state index contributed by atoms with van der Waals surface area (Å²) in [6.45, 7) is 2.29. The number of rotatable bonds is 4. The van der Waals surface area contributed by atoms with E-state index in [9.17, 15) is 13.2 Å². The van der Waals surface area contributed by atoms with E-state index in [1.165, 1.54) is 4.31 Å². The second-order valence-corrected chi connectivity index (χ2v) is 9.20. The summed E-state index contributed by atoms with van der Waals surface area (Å²) in [5.41, 5.74) is 0.783. The van der Waals surface area contributed by atoms with Crippen LogP contribution in [0.3, 0.4) is 0 Å². The molecule has 2 bridgehead atoms. The molecule has 1 aromatic carbocycles. The van der Waals surface area contributed by atoms with E-state index >= 15 is 0 Å². The Bertz CT molecular complexity index is 731. The van der Waals surface area contributed by atoms with Gasteiger partial charge in [0, 0.05) is 26.2 Å². The van der Waals surface area contributed by atoms with Gasteiger partial charge in [0.05, 0.1) is 23.9 Å². The molecular weight excluding hydrogens is 340 g/mol. The molecule has 0 saturated carbocycles. The van der Waals surface area contributed by atoms with E-state index in [1.54, 1.807) is 0 Å². The van der Waals surface area contributed by atoms with E-state index in [0.717, 1.165) is 31.5 Å². The fourth-order valence-corrected chi connectivity index (χ4v) is 5.72. The molecule has 3 aliphatic heterocycles. The Morgan fingerprint density at radius 2 is 1.84 bits per heavy atom. The van der Waals surface area contributed by atoms with Crippen LogP contribution in [-0.2, 0) is 25.3 Å². The van der Waals surface area contributed by atoms with E-state index < -0.39 is 10.0 Å². The van der Waals surface area contributed by atoms with Gasteiger partial charge in [0.2, 0.25) is 15.9 Å². The van der Waals surface area contributed by atoms with Crippen LogP contribution in [0.4, 0.5) is 0 Å². The van der Waals surface area contributed by atoms with Gasteiger partial charge in [0.15, 0.2) is 0 Å². The highest BCUT2D eigenvalue weighted by Crippen LogP contribution is 2.35. The third-order valence-electron chi connectivity index (χ3n) is 5.44. The number of ether oxygens (including phenoxy) is 1. The minimum Gasteiger partial charge on any atom is -0.371 e. The Balaban J connectivity index is 1.45. The first-order valence-electron chi connectivity index (χ1n) is 8.99. The monoisotopic (exact) mass is 364 g/mol. The third-order valence-corrected chi connectivity index (χ3v) is 7.23. The van der Waals surface area contributed by atoms with Crippen LogP contribution < -0.4 is 0 Å². The highest BCUT2D eigenvalue weighted by atomic mass is 32.2. The molecule has 3 heterocycles. The summed E-state index contributed by atoms with van der Waals surface area (Å²) < 4.78 is 33.0. The molecule has 1 amide bonds. The molecule has 0 unspecified atom stereocenters. The fraction of sp³-hybridized carbons (Fsp3) is 0.611. The SMILES string of the molecule is O=C([C@@H]1C[C@H]2CN(S(=O)(=O)Cc3ccccc3)C[C@H]1O2)N1CCCC1. The minimum absolute atomic E-state index is 0.00197. The number of carbonyl (C=O) groups is 1. The van der Waals surface area contributed by atoms with Crippen molar-refractivity contribution in [2.24, 2.45) is 5.92 Å². The molecule has 3 atom stereocenters. The number of carbonyl (C=O) groups excluding carboxylic acids is 1. The van der Waals surface area contributed by atoms with Gasteiger partial charge in [0.1, 0.15) is 0 Å². The van der Waals surface area contributed by atoms with Gasteiger partial charge in [-0.05, 0) is 24.8 Å². The summed E-state index contributed by atoms with van der Waals surface area (Å²) in [6, 6.07) is 9.22. The van der Waals surface area contributed by atoms with Crippen molar-refractivity contribution in [3.8, 4) is 0 Å². The Hall–Kier alpha value is -1.44. The smallest absolute Gasteiger partial charge is 0.228 e. The molecule has 3 saturated heterocycles. The zero-order valence-electron chi connectivity index (χ0n) is 14.2. The molecular formula is C18H24N2O4S. The lowest BCUT2D eigenvalue weighted by Gasteiger charge is -2.32. The van der Waals surface area contributed by atoms with Gasteiger partial charge in [-0.2, -0.15) is 4.31 Å². The molecule has 25 heavy (non-hydrogen) atoms. The second kappa shape index (κ2) is 6.70. The number of hydrogen-bond donors (Lipinski definition) is 0. The van der Waals surface area contributed by atoms with E-state index in [4.69, 9.17) is 4.74 Å². The second-order valence-electron chi connectivity index (χ2n) is 7.23. The maximum Gasteiger partial charge on any atom is 0.228 e. The normalized spacial score (nSPS) is 29.9. The minimum atomic E-state index is -3.40. The van der Waals surface area contributed by atoms with Crippen LogP contribution >= 0.6 is 0 Å². The number of nitrogens with zero attached hydrogens (tertiary/aromatic N) is 2. The standard InChI is InChI=1S/C18H24N2O4S/c21-18(19-8-4-5-9-19)16-10-15-11-20(12-17(16)24-15)25(22,23)13-14-6-2-1-3-7-14/h1-3,6-7,15-17H,4-5,8-13H2/t15-,16+,17+/m0/s1. The van der Waals surface area contributed by atoms with Crippen LogP contribution in [-0.4, -0.2) is 61.9 Å². The third kappa shape index (κ3) is 3.45. The van der Waals surface area contributed by atoms with Gasteiger partial charge in [-0.15, -0.1) is 0 Å². The Morgan fingerprint density at radius 3 is 2.56 bits per heavy atom. The number of sulfonamides is 1. The van der Waals surface area contributed by atoms with E-state index in [2.05, 4.69) is 0 Å². The summed E-state index contributed by atoms with van der Waals surface area (Å²) in [7, 11) is -3.40. The van der Waals surface area contributed by atoms with Gasteiger partial charge in [0.25, 0.3) is 0 Å². The summed E-state index contributed by atoms with van der Waals surface area (Å²) in [4.78, 5) is 14.6. The Labute approximate surface area is 148 Å². The van der Waals surface area contributed by atoms with Gasteiger partial charge in [-0.25, -0.2) is 8.42 Å².